The summed E-state index contributed by atoms with van der Waals surface area (Å²) in [6.45, 7) is 0. The topological polar surface area (TPSA) is 0 Å². The lowest BCUT2D eigenvalue weighted by Crippen LogP contribution is -2.25. The van der Waals surface area contributed by atoms with E-state index in [1.807, 2.05) is 0 Å². The van der Waals surface area contributed by atoms with Crippen molar-refractivity contribution in [3.8, 4) is 66.8 Å². The third kappa shape index (κ3) is 3.89. The third-order valence-corrected chi connectivity index (χ3v) is 14.0. The molecule has 11 aromatic carbocycles. The molecule has 0 N–H and O–H groups in total. The lowest BCUT2D eigenvalue weighted by atomic mass is 9.70. The van der Waals surface area contributed by atoms with Crippen molar-refractivity contribution in [2.24, 2.45) is 0 Å². The molecule has 0 radical (unpaired) electrons. The van der Waals surface area contributed by atoms with Crippen LogP contribution in [0.25, 0.3) is 110 Å². The molecule has 0 atom stereocenters. The Hall–Kier alpha value is -7.54. The summed E-state index contributed by atoms with van der Waals surface area (Å²) in [6.07, 6.45) is 0. The molecule has 0 heterocycles. The Morgan fingerprint density at radius 3 is 1.49 bits per heavy atom. The summed E-state index contributed by atoms with van der Waals surface area (Å²) in [4.78, 5) is 0. The number of fused-ring (bicyclic) bond motifs is 17. The van der Waals surface area contributed by atoms with Crippen LogP contribution in [0, 0.1) is 0 Å². The lowest BCUT2D eigenvalue weighted by Gasteiger charge is -2.30. The van der Waals surface area contributed by atoms with Crippen molar-refractivity contribution in [2.45, 2.75) is 5.41 Å². The van der Waals surface area contributed by atoms with Gasteiger partial charge in [0.1, 0.15) is 0 Å². The Morgan fingerprint density at radius 1 is 0.237 bits per heavy atom. The van der Waals surface area contributed by atoms with E-state index in [-0.39, 0.29) is 0 Å². The Labute approximate surface area is 342 Å². The molecule has 0 heteroatoms. The summed E-state index contributed by atoms with van der Waals surface area (Å²) in [5, 5.41) is 10.3. The van der Waals surface area contributed by atoms with Crippen molar-refractivity contribution in [1.29, 1.82) is 0 Å². The number of hydrogen-bond donors (Lipinski definition) is 0. The standard InChI is InChI=1S/C59H34/c1-3-18-39-35(14-1)16-11-23-41(39)37-30-31-38-33-49-50-34-54-56(45-22-7-10-29-53(45)59(54)51-27-8-5-20-42(51)43-21-6-9-28-52(43)59)46-25-13-26-47(55(46)50)58(49)57(48(38)32-37)44-24-12-17-36-15-2-4-19-40(36)44/h1-34H. The molecule has 270 valence electrons. The minimum atomic E-state index is -0.411. The smallest absolute Gasteiger partial charge is 0.0619 e. The average Bonchev–Trinajstić information content (AvgIpc) is 3.90. The van der Waals surface area contributed by atoms with E-state index in [2.05, 4.69) is 206 Å². The van der Waals surface area contributed by atoms with Gasteiger partial charge in [-0.15, -0.1) is 0 Å². The second kappa shape index (κ2) is 11.3. The molecule has 0 unspecified atom stereocenters. The van der Waals surface area contributed by atoms with Crippen LogP contribution in [0.15, 0.2) is 206 Å². The predicted octanol–water partition coefficient (Wildman–Crippen LogP) is 15.6. The maximum absolute atomic E-state index is 2.61. The average molecular weight is 743 g/mol. The van der Waals surface area contributed by atoms with E-state index in [0.717, 1.165) is 0 Å². The second-order valence-electron chi connectivity index (χ2n) is 16.6. The molecule has 0 nitrogen and oxygen atoms in total. The van der Waals surface area contributed by atoms with Gasteiger partial charge in [-0.1, -0.05) is 188 Å². The van der Waals surface area contributed by atoms with Crippen LogP contribution in [0.5, 0.6) is 0 Å². The van der Waals surface area contributed by atoms with E-state index < -0.39 is 5.41 Å². The summed E-state index contributed by atoms with van der Waals surface area (Å²) in [5.74, 6) is 0. The van der Waals surface area contributed by atoms with Crippen LogP contribution in [0.1, 0.15) is 22.3 Å². The van der Waals surface area contributed by atoms with E-state index in [1.54, 1.807) is 0 Å². The maximum atomic E-state index is 2.61. The summed E-state index contributed by atoms with van der Waals surface area (Å²) in [5.41, 5.74) is 20.9. The summed E-state index contributed by atoms with van der Waals surface area (Å²) in [6, 6.07) is 78.1. The van der Waals surface area contributed by atoms with Gasteiger partial charge in [0.05, 0.1) is 5.41 Å². The first-order valence-corrected chi connectivity index (χ1v) is 20.8. The van der Waals surface area contributed by atoms with Gasteiger partial charge < -0.3 is 0 Å². The van der Waals surface area contributed by atoms with Gasteiger partial charge in [-0.25, -0.2) is 0 Å². The Morgan fingerprint density at radius 2 is 0.763 bits per heavy atom. The van der Waals surface area contributed by atoms with Crippen molar-refractivity contribution < 1.29 is 0 Å². The van der Waals surface area contributed by atoms with Gasteiger partial charge in [0.15, 0.2) is 0 Å². The van der Waals surface area contributed by atoms with Crippen molar-refractivity contribution in [1.82, 2.24) is 0 Å². The first-order valence-electron chi connectivity index (χ1n) is 20.8. The second-order valence-corrected chi connectivity index (χ2v) is 16.6. The van der Waals surface area contributed by atoms with Crippen molar-refractivity contribution in [3.63, 3.8) is 0 Å². The van der Waals surface area contributed by atoms with Gasteiger partial charge in [-0.3, -0.25) is 0 Å². The van der Waals surface area contributed by atoms with E-state index in [1.165, 1.54) is 132 Å². The summed E-state index contributed by atoms with van der Waals surface area (Å²) < 4.78 is 0. The van der Waals surface area contributed by atoms with E-state index in [0.29, 0.717) is 0 Å². The SMILES string of the molecule is c1ccc2c(c1)-c1ccccc1C21c2ccccc2-c2c1cc1c3c(cccc23)-c2c-1cc1ccc(-c3cccc4ccccc34)cc1c2-c1cccc2ccccc12. The van der Waals surface area contributed by atoms with Crippen LogP contribution in [0.3, 0.4) is 0 Å². The minimum Gasteiger partial charge on any atom is -0.0619 e. The van der Waals surface area contributed by atoms with E-state index >= 15 is 0 Å². The predicted molar refractivity (Wildman–Crippen MR) is 248 cm³/mol. The highest BCUT2D eigenvalue weighted by Crippen LogP contribution is 2.66. The fourth-order valence-electron chi connectivity index (χ4n) is 11.7. The summed E-state index contributed by atoms with van der Waals surface area (Å²) >= 11 is 0. The van der Waals surface area contributed by atoms with Crippen LogP contribution < -0.4 is 0 Å². The molecule has 3 aliphatic rings. The molecule has 0 saturated carbocycles. The number of rotatable bonds is 2. The molecule has 59 heavy (non-hydrogen) atoms. The molecule has 14 rings (SSSR count). The normalized spacial score (nSPS) is 13.6. The molecule has 0 amide bonds. The van der Waals surface area contributed by atoms with Crippen molar-refractivity contribution in [3.05, 3.63) is 229 Å². The molecule has 3 aliphatic carbocycles. The van der Waals surface area contributed by atoms with Gasteiger partial charge in [0.25, 0.3) is 0 Å². The van der Waals surface area contributed by atoms with Gasteiger partial charge in [0, 0.05) is 0 Å². The zero-order valence-corrected chi connectivity index (χ0v) is 32.1. The molecular weight excluding hydrogens is 709 g/mol. The van der Waals surface area contributed by atoms with Gasteiger partial charge in [0.2, 0.25) is 0 Å². The molecule has 0 fully saturated rings. The Bertz CT molecular complexity index is 3620. The highest BCUT2D eigenvalue weighted by molar-refractivity contribution is 6.27. The largest absolute Gasteiger partial charge is 0.0725 e. The van der Waals surface area contributed by atoms with Gasteiger partial charge >= 0.3 is 0 Å². The third-order valence-electron chi connectivity index (χ3n) is 14.0. The molecule has 0 bridgehead atoms. The van der Waals surface area contributed by atoms with Crippen molar-refractivity contribution in [2.75, 3.05) is 0 Å². The molecule has 0 aliphatic heterocycles. The first-order chi connectivity index (χ1) is 29.3. The quantitative estimate of drug-likeness (QED) is 0.165. The number of hydrogen-bond acceptors (Lipinski definition) is 0. The van der Waals surface area contributed by atoms with Crippen LogP contribution in [0.4, 0.5) is 0 Å². The minimum absolute atomic E-state index is 0.411. The highest BCUT2D eigenvalue weighted by atomic mass is 14.5. The van der Waals surface area contributed by atoms with Gasteiger partial charge in [-0.2, -0.15) is 0 Å². The Kier molecular flexibility index (Phi) is 6.05. The molecule has 0 aromatic heterocycles. The number of benzene rings is 11. The van der Waals surface area contributed by atoms with E-state index in [4.69, 9.17) is 0 Å². The van der Waals surface area contributed by atoms with Crippen LogP contribution in [-0.4, -0.2) is 0 Å². The van der Waals surface area contributed by atoms with Crippen molar-refractivity contribution >= 4 is 43.1 Å². The summed E-state index contributed by atoms with van der Waals surface area (Å²) in [7, 11) is 0. The molecule has 11 aromatic rings. The lowest BCUT2D eigenvalue weighted by molar-refractivity contribution is 0.795. The zero-order chi connectivity index (χ0) is 38.4. The molecular formula is C59H34. The molecule has 0 saturated heterocycles. The fourth-order valence-corrected chi connectivity index (χ4v) is 11.7. The Balaban J connectivity index is 1.13. The first kappa shape index (κ1) is 31.5. The monoisotopic (exact) mass is 742 g/mol. The van der Waals surface area contributed by atoms with E-state index in [9.17, 15) is 0 Å². The highest BCUT2D eigenvalue weighted by Gasteiger charge is 2.52. The molecule has 1 spiro atoms. The zero-order valence-electron chi connectivity index (χ0n) is 32.1. The van der Waals surface area contributed by atoms with Crippen LogP contribution >= 0.6 is 0 Å². The maximum Gasteiger partial charge on any atom is 0.0725 e. The van der Waals surface area contributed by atoms with Crippen LogP contribution in [-0.2, 0) is 5.41 Å². The fraction of sp³-hybridized carbons (Fsp3) is 0.0169. The van der Waals surface area contributed by atoms with Gasteiger partial charge in [-0.05, 0) is 150 Å². The van der Waals surface area contributed by atoms with Crippen LogP contribution in [0.2, 0.25) is 0 Å².